The van der Waals surface area contributed by atoms with E-state index in [1.165, 1.54) is 6.26 Å². The second-order valence-electron chi connectivity index (χ2n) is 3.33. The van der Waals surface area contributed by atoms with Crippen LogP contribution in [0.1, 0.15) is 6.42 Å². The molecule has 3 N–H and O–H groups in total. The molecule has 0 radical (unpaired) electrons. The molecule has 1 rings (SSSR count). The van der Waals surface area contributed by atoms with Crippen molar-refractivity contribution in [3.8, 4) is 0 Å². The lowest BCUT2D eigenvalue weighted by Gasteiger charge is -2.06. The Bertz CT molecular complexity index is 463. The highest BCUT2D eigenvalue weighted by molar-refractivity contribution is 9.10. The van der Waals surface area contributed by atoms with Crippen molar-refractivity contribution in [2.75, 3.05) is 29.6 Å². The van der Waals surface area contributed by atoms with Crippen molar-refractivity contribution in [2.45, 2.75) is 6.42 Å². The maximum atomic E-state index is 10.9. The van der Waals surface area contributed by atoms with Crippen LogP contribution in [-0.4, -0.2) is 36.9 Å². The van der Waals surface area contributed by atoms with Crippen LogP contribution in [0, 0.1) is 0 Å². The summed E-state index contributed by atoms with van der Waals surface area (Å²) in [6, 6.07) is 0. The lowest BCUT2D eigenvalue weighted by Crippen LogP contribution is -2.11. The monoisotopic (exact) mass is 308 g/mol. The van der Waals surface area contributed by atoms with E-state index < -0.39 is 9.84 Å². The van der Waals surface area contributed by atoms with Crippen molar-refractivity contribution in [1.29, 1.82) is 0 Å². The minimum atomic E-state index is -2.91. The van der Waals surface area contributed by atoms with Gasteiger partial charge in [0.1, 0.15) is 15.7 Å². The lowest BCUT2D eigenvalue weighted by atomic mass is 10.4. The van der Waals surface area contributed by atoms with Crippen LogP contribution in [0.5, 0.6) is 0 Å². The van der Waals surface area contributed by atoms with Crippen LogP contribution in [0.4, 0.5) is 11.8 Å². The van der Waals surface area contributed by atoms with Gasteiger partial charge in [0, 0.05) is 19.0 Å². The summed E-state index contributed by atoms with van der Waals surface area (Å²) in [7, 11) is -2.91. The predicted molar refractivity (Wildman–Crippen MR) is 67.0 cm³/mol. The summed E-state index contributed by atoms with van der Waals surface area (Å²) in [6.07, 6.45) is 3.28. The topological polar surface area (TPSA) is 98.0 Å². The fraction of sp³-hybridized carbons (Fsp3) is 0.500. The second kappa shape index (κ2) is 5.44. The molecule has 90 valence electrons. The molecule has 6 nitrogen and oxygen atoms in total. The van der Waals surface area contributed by atoms with Gasteiger partial charge < -0.3 is 11.1 Å². The number of nitrogen functional groups attached to an aromatic ring is 1. The van der Waals surface area contributed by atoms with Gasteiger partial charge in [-0.05, 0) is 22.4 Å². The molecule has 16 heavy (non-hydrogen) atoms. The van der Waals surface area contributed by atoms with Gasteiger partial charge in [0.05, 0.1) is 10.2 Å². The molecule has 0 bridgehead atoms. The van der Waals surface area contributed by atoms with E-state index in [-0.39, 0.29) is 11.7 Å². The van der Waals surface area contributed by atoms with Gasteiger partial charge in [0.15, 0.2) is 0 Å². The third kappa shape index (κ3) is 4.75. The number of aromatic nitrogens is 2. The average Bonchev–Trinajstić information content (AvgIpc) is 2.16. The van der Waals surface area contributed by atoms with Crippen LogP contribution < -0.4 is 11.1 Å². The Morgan fingerprint density at radius 2 is 2.25 bits per heavy atom. The standard InChI is InChI=1S/C8H13BrN4O2S/c1-16(14,15)4-2-3-11-7-6(9)5-12-8(10)13-7/h5H,2-4H2,1H3,(H3,10,11,12,13). The molecule has 0 unspecified atom stereocenters. The largest absolute Gasteiger partial charge is 0.369 e. The maximum Gasteiger partial charge on any atom is 0.221 e. The van der Waals surface area contributed by atoms with Crippen molar-refractivity contribution in [2.24, 2.45) is 0 Å². The zero-order chi connectivity index (χ0) is 12.2. The summed E-state index contributed by atoms with van der Waals surface area (Å²) < 4.78 is 22.5. The van der Waals surface area contributed by atoms with Gasteiger partial charge in [-0.2, -0.15) is 4.98 Å². The summed E-state index contributed by atoms with van der Waals surface area (Å²) in [4.78, 5) is 7.76. The number of nitrogens with one attached hydrogen (secondary N) is 1. The quantitative estimate of drug-likeness (QED) is 0.776. The highest BCUT2D eigenvalue weighted by Gasteiger charge is 2.04. The van der Waals surface area contributed by atoms with Gasteiger partial charge in [-0.1, -0.05) is 0 Å². The highest BCUT2D eigenvalue weighted by atomic mass is 79.9. The summed E-state index contributed by atoms with van der Waals surface area (Å²) in [5, 5.41) is 2.98. The fourth-order valence-corrected chi connectivity index (χ4v) is 2.05. The summed E-state index contributed by atoms with van der Waals surface area (Å²) >= 11 is 3.26. The number of hydrogen-bond acceptors (Lipinski definition) is 6. The first kappa shape index (κ1) is 13.2. The minimum Gasteiger partial charge on any atom is -0.369 e. The lowest BCUT2D eigenvalue weighted by molar-refractivity contribution is 0.600. The molecule has 0 atom stereocenters. The third-order valence-corrected chi connectivity index (χ3v) is 3.36. The van der Waals surface area contributed by atoms with Crippen molar-refractivity contribution >= 4 is 37.5 Å². The Hall–Kier alpha value is -0.890. The molecule has 1 heterocycles. The van der Waals surface area contributed by atoms with Crippen LogP contribution in [0.25, 0.3) is 0 Å². The number of hydrogen-bond donors (Lipinski definition) is 2. The molecule has 8 heteroatoms. The second-order valence-corrected chi connectivity index (χ2v) is 6.45. The molecule has 0 saturated carbocycles. The van der Waals surface area contributed by atoms with Gasteiger partial charge in [-0.25, -0.2) is 13.4 Å². The van der Waals surface area contributed by atoms with Crippen LogP contribution in [-0.2, 0) is 9.84 Å². The number of anilines is 2. The Morgan fingerprint density at radius 3 is 2.88 bits per heavy atom. The summed E-state index contributed by atoms with van der Waals surface area (Å²) in [5.74, 6) is 0.896. The number of nitrogens with two attached hydrogens (primary N) is 1. The van der Waals surface area contributed by atoms with Crippen molar-refractivity contribution in [3.63, 3.8) is 0 Å². The van der Waals surface area contributed by atoms with E-state index in [1.807, 2.05) is 0 Å². The summed E-state index contributed by atoms with van der Waals surface area (Å²) in [5.41, 5.74) is 5.42. The van der Waals surface area contributed by atoms with Crippen molar-refractivity contribution in [3.05, 3.63) is 10.7 Å². The van der Waals surface area contributed by atoms with E-state index in [4.69, 9.17) is 5.73 Å². The Kier molecular flexibility index (Phi) is 4.48. The van der Waals surface area contributed by atoms with E-state index in [1.54, 1.807) is 6.20 Å². The summed E-state index contributed by atoms with van der Waals surface area (Å²) in [6.45, 7) is 0.516. The Labute approximate surface area is 103 Å². The predicted octanol–water partition coefficient (Wildman–Crippen LogP) is 0.668. The van der Waals surface area contributed by atoms with Crippen LogP contribution in [0.15, 0.2) is 10.7 Å². The molecule has 0 saturated heterocycles. The van der Waals surface area contributed by atoms with E-state index in [0.717, 1.165) is 0 Å². The van der Waals surface area contributed by atoms with Crippen LogP contribution >= 0.6 is 15.9 Å². The molecule has 0 aromatic carbocycles. The SMILES string of the molecule is CS(=O)(=O)CCCNc1nc(N)ncc1Br. The van der Waals surface area contributed by atoms with E-state index in [2.05, 4.69) is 31.2 Å². The fourth-order valence-electron chi connectivity index (χ4n) is 1.05. The van der Waals surface area contributed by atoms with Crippen molar-refractivity contribution in [1.82, 2.24) is 9.97 Å². The number of halogens is 1. The van der Waals surface area contributed by atoms with Crippen LogP contribution in [0.2, 0.25) is 0 Å². The maximum absolute atomic E-state index is 10.9. The normalized spacial score (nSPS) is 11.4. The molecule has 0 aliphatic carbocycles. The van der Waals surface area contributed by atoms with E-state index in [9.17, 15) is 8.42 Å². The molecule has 0 amide bonds. The van der Waals surface area contributed by atoms with Crippen LogP contribution in [0.3, 0.4) is 0 Å². The van der Waals surface area contributed by atoms with Gasteiger partial charge >= 0.3 is 0 Å². The van der Waals surface area contributed by atoms with Gasteiger partial charge in [-0.3, -0.25) is 0 Å². The first-order chi connectivity index (χ1) is 7.38. The Morgan fingerprint density at radius 1 is 1.56 bits per heavy atom. The minimum absolute atomic E-state index is 0.151. The molecule has 0 spiro atoms. The van der Waals surface area contributed by atoms with E-state index in [0.29, 0.717) is 23.3 Å². The van der Waals surface area contributed by atoms with Gasteiger partial charge in [0.2, 0.25) is 5.95 Å². The number of rotatable bonds is 5. The molecular formula is C8H13BrN4O2S. The average molecular weight is 309 g/mol. The zero-order valence-electron chi connectivity index (χ0n) is 8.77. The molecular weight excluding hydrogens is 296 g/mol. The van der Waals surface area contributed by atoms with E-state index >= 15 is 0 Å². The molecule has 0 aliphatic rings. The first-order valence-corrected chi connectivity index (χ1v) is 7.43. The molecule has 1 aromatic rings. The zero-order valence-corrected chi connectivity index (χ0v) is 11.2. The molecule has 1 aromatic heterocycles. The third-order valence-electron chi connectivity index (χ3n) is 1.75. The smallest absolute Gasteiger partial charge is 0.221 e. The first-order valence-electron chi connectivity index (χ1n) is 4.58. The molecule has 0 fully saturated rings. The van der Waals surface area contributed by atoms with Gasteiger partial charge in [0.25, 0.3) is 0 Å². The number of nitrogens with zero attached hydrogens (tertiary/aromatic N) is 2. The highest BCUT2D eigenvalue weighted by Crippen LogP contribution is 2.18. The van der Waals surface area contributed by atoms with Gasteiger partial charge in [-0.15, -0.1) is 0 Å². The Balaban J connectivity index is 2.46. The molecule has 0 aliphatic heterocycles. The number of sulfone groups is 1. The van der Waals surface area contributed by atoms with Crippen molar-refractivity contribution < 1.29 is 8.42 Å².